The molecule has 0 spiro atoms. The lowest BCUT2D eigenvalue weighted by molar-refractivity contribution is -0.143. The van der Waals surface area contributed by atoms with Crippen molar-refractivity contribution in [2.45, 2.75) is 321 Å². The second kappa shape index (κ2) is 55.7. The summed E-state index contributed by atoms with van der Waals surface area (Å²) in [5.41, 5.74) is 0. The fourth-order valence-corrected chi connectivity index (χ4v) is 8.86. The van der Waals surface area contributed by atoms with Crippen molar-refractivity contribution >= 4 is 11.9 Å². The van der Waals surface area contributed by atoms with Gasteiger partial charge in [-0.2, -0.15) is 0 Å². The van der Waals surface area contributed by atoms with Gasteiger partial charge in [0.15, 0.2) is 0 Å². The lowest BCUT2D eigenvalue weighted by atomic mass is 10.0. The highest BCUT2D eigenvalue weighted by Gasteiger charge is 2.18. The van der Waals surface area contributed by atoms with E-state index in [0.29, 0.717) is 19.4 Å². The van der Waals surface area contributed by atoms with E-state index < -0.39 is 12.1 Å². The van der Waals surface area contributed by atoms with E-state index in [4.69, 9.17) is 4.74 Å². The van der Waals surface area contributed by atoms with Crippen molar-refractivity contribution in [3.05, 3.63) is 36.5 Å². The van der Waals surface area contributed by atoms with Gasteiger partial charge in [-0.05, 0) is 83.5 Å². The Labute approximate surface area is 411 Å². The molecule has 0 aromatic rings. The Kier molecular flexibility index (Phi) is 54.1. The lowest BCUT2D eigenvalue weighted by Gasteiger charge is -2.20. The number of amides is 1. The van der Waals surface area contributed by atoms with Gasteiger partial charge >= 0.3 is 5.97 Å². The standard InChI is InChI=1S/C60H113NO5/c1-3-5-7-9-11-13-15-17-18-26-29-32-36-40-44-48-52-58(63)57(56-62)61-59(64)53-49-45-41-37-33-30-27-24-22-20-19-21-23-25-28-31-35-39-43-47-51-55-66-60(65)54-50-46-42-38-34-16-14-12-10-8-6-4-2/h12,14,20,22,48,52,57-58,62-63H,3-11,13,15-19,21,23-47,49-51,53-56H2,1-2H3,(H,61,64)/b14-12-,22-20-,52-48+. The summed E-state index contributed by atoms with van der Waals surface area (Å²) in [7, 11) is 0. The molecule has 0 aliphatic heterocycles. The van der Waals surface area contributed by atoms with E-state index in [2.05, 4.69) is 43.5 Å². The second-order valence-corrected chi connectivity index (χ2v) is 20.0. The number of ether oxygens (including phenoxy) is 1. The zero-order valence-corrected chi connectivity index (χ0v) is 44.2. The van der Waals surface area contributed by atoms with Crippen LogP contribution in [-0.4, -0.2) is 47.4 Å². The third-order valence-corrected chi connectivity index (χ3v) is 13.4. The number of allylic oxidation sites excluding steroid dienone is 5. The quantitative estimate of drug-likeness (QED) is 0.0321. The number of aliphatic hydroxyl groups is 2. The first kappa shape index (κ1) is 64.1. The molecule has 2 unspecified atom stereocenters. The molecule has 0 aliphatic rings. The van der Waals surface area contributed by atoms with E-state index in [1.807, 2.05) is 6.08 Å². The minimum Gasteiger partial charge on any atom is -0.466 e. The van der Waals surface area contributed by atoms with E-state index >= 15 is 0 Å². The van der Waals surface area contributed by atoms with Crippen molar-refractivity contribution in [3.8, 4) is 0 Å². The number of unbranched alkanes of at least 4 members (excludes halogenated alkanes) is 39. The van der Waals surface area contributed by atoms with Crippen LogP contribution in [0.4, 0.5) is 0 Å². The van der Waals surface area contributed by atoms with Gasteiger partial charge in [-0.25, -0.2) is 0 Å². The van der Waals surface area contributed by atoms with Crippen LogP contribution < -0.4 is 5.32 Å². The normalized spacial score (nSPS) is 12.8. The molecule has 0 heterocycles. The summed E-state index contributed by atoms with van der Waals surface area (Å²) in [6.45, 7) is 4.88. The molecule has 0 bridgehead atoms. The minimum atomic E-state index is -0.849. The molecule has 0 aliphatic carbocycles. The Hall–Kier alpha value is -1.92. The number of hydrogen-bond acceptors (Lipinski definition) is 5. The van der Waals surface area contributed by atoms with Crippen LogP contribution in [0.5, 0.6) is 0 Å². The first-order chi connectivity index (χ1) is 32.5. The highest BCUT2D eigenvalue weighted by Crippen LogP contribution is 2.16. The average molecular weight is 929 g/mol. The SMILES string of the molecule is CCCCC/C=C\CCCCCCCC(=O)OCCCCCCCCCCCC/C=C\CCCCCCCCCC(=O)NC(CO)C(O)/C=C/CCCCCCCCCCCCCCCC. The van der Waals surface area contributed by atoms with Gasteiger partial charge in [-0.1, -0.05) is 249 Å². The summed E-state index contributed by atoms with van der Waals surface area (Å²) in [5, 5.41) is 23.1. The molecule has 388 valence electrons. The molecule has 0 saturated carbocycles. The van der Waals surface area contributed by atoms with Crippen LogP contribution in [0.3, 0.4) is 0 Å². The minimum absolute atomic E-state index is 0.00277. The summed E-state index contributed by atoms with van der Waals surface area (Å²) < 4.78 is 5.46. The van der Waals surface area contributed by atoms with Crippen LogP contribution in [-0.2, 0) is 14.3 Å². The molecule has 0 fully saturated rings. The Morgan fingerprint density at radius 2 is 0.712 bits per heavy atom. The number of rotatable bonds is 54. The Bertz CT molecular complexity index is 1070. The van der Waals surface area contributed by atoms with E-state index in [1.54, 1.807) is 6.08 Å². The lowest BCUT2D eigenvalue weighted by Crippen LogP contribution is -2.45. The van der Waals surface area contributed by atoms with Gasteiger partial charge < -0.3 is 20.3 Å². The summed E-state index contributed by atoms with van der Waals surface area (Å²) >= 11 is 0. The van der Waals surface area contributed by atoms with Crippen LogP contribution in [0.15, 0.2) is 36.5 Å². The first-order valence-corrected chi connectivity index (χ1v) is 29.3. The van der Waals surface area contributed by atoms with Gasteiger partial charge in [0.25, 0.3) is 0 Å². The molecule has 0 aromatic heterocycles. The zero-order chi connectivity index (χ0) is 47.9. The molecular formula is C60H113NO5. The molecule has 1 amide bonds. The Morgan fingerprint density at radius 1 is 0.409 bits per heavy atom. The molecule has 0 radical (unpaired) electrons. The maximum atomic E-state index is 12.5. The smallest absolute Gasteiger partial charge is 0.305 e. The number of aliphatic hydroxyl groups excluding tert-OH is 2. The van der Waals surface area contributed by atoms with Gasteiger partial charge in [0.2, 0.25) is 5.91 Å². The van der Waals surface area contributed by atoms with Crippen molar-refractivity contribution in [1.29, 1.82) is 0 Å². The summed E-state index contributed by atoms with van der Waals surface area (Å²) in [6, 6.07) is -0.634. The number of nitrogens with one attached hydrogen (secondary N) is 1. The molecule has 6 heteroatoms. The number of hydrogen-bond donors (Lipinski definition) is 3. The van der Waals surface area contributed by atoms with E-state index in [-0.39, 0.29) is 18.5 Å². The number of esters is 1. The maximum absolute atomic E-state index is 12.5. The van der Waals surface area contributed by atoms with E-state index in [9.17, 15) is 19.8 Å². The average Bonchev–Trinajstić information content (AvgIpc) is 3.32. The first-order valence-electron chi connectivity index (χ1n) is 29.3. The van der Waals surface area contributed by atoms with Gasteiger partial charge in [0, 0.05) is 12.8 Å². The molecule has 2 atom stereocenters. The van der Waals surface area contributed by atoms with Crippen LogP contribution in [0.2, 0.25) is 0 Å². The highest BCUT2D eigenvalue weighted by atomic mass is 16.5. The van der Waals surface area contributed by atoms with Crippen molar-refractivity contribution in [1.82, 2.24) is 5.32 Å². The van der Waals surface area contributed by atoms with Gasteiger partial charge in [0.05, 0.1) is 25.4 Å². The summed E-state index contributed by atoms with van der Waals surface area (Å²) in [6.07, 6.45) is 68.8. The van der Waals surface area contributed by atoms with Gasteiger partial charge in [-0.15, -0.1) is 0 Å². The highest BCUT2D eigenvalue weighted by molar-refractivity contribution is 5.76. The summed E-state index contributed by atoms with van der Waals surface area (Å²) in [4.78, 5) is 24.5. The molecule has 6 nitrogen and oxygen atoms in total. The van der Waals surface area contributed by atoms with Crippen molar-refractivity contribution < 1.29 is 24.5 Å². The molecule has 3 N–H and O–H groups in total. The van der Waals surface area contributed by atoms with Crippen LogP contribution >= 0.6 is 0 Å². The van der Waals surface area contributed by atoms with Crippen LogP contribution in [0, 0.1) is 0 Å². The largest absolute Gasteiger partial charge is 0.466 e. The van der Waals surface area contributed by atoms with Crippen molar-refractivity contribution in [2.75, 3.05) is 13.2 Å². The predicted molar refractivity (Wildman–Crippen MR) is 287 cm³/mol. The third kappa shape index (κ3) is 51.5. The fourth-order valence-electron chi connectivity index (χ4n) is 8.86. The van der Waals surface area contributed by atoms with Crippen LogP contribution in [0.1, 0.15) is 309 Å². The van der Waals surface area contributed by atoms with E-state index in [1.165, 1.54) is 231 Å². The number of carbonyl (C=O) groups is 2. The number of carbonyl (C=O) groups excluding carboxylic acids is 2. The fraction of sp³-hybridized carbons (Fsp3) is 0.867. The van der Waals surface area contributed by atoms with Crippen molar-refractivity contribution in [3.63, 3.8) is 0 Å². The molecule has 0 aromatic carbocycles. The summed E-state index contributed by atoms with van der Waals surface area (Å²) in [5.74, 6) is -0.0777. The molecule has 0 rings (SSSR count). The second-order valence-electron chi connectivity index (χ2n) is 20.0. The Morgan fingerprint density at radius 3 is 1.11 bits per heavy atom. The molecular weight excluding hydrogens is 815 g/mol. The monoisotopic (exact) mass is 928 g/mol. The van der Waals surface area contributed by atoms with Gasteiger partial charge in [-0.3, -0.25) is 9.59 Å². The van der Waals surface area contributed by atoms with Crippen molar-refractivity contribution in [2.24, 2.45) is 0 Å². The molecule has 66 heavy (non-hydrogen) atoms. The topological polar surface area (TPSA) is 95.9 Å². The predicted octanol–water partition coefficient (Wildman–Crippen LogP) is 18.0. The van der Waals surface area contributed by atoms with Crippen LogP contribution in [0.25, 0.3) is 0 Å². The molecule has 0 saturated heterocycles. The third-order valence-electron chi connectivity index (χ3n) is 13.4. The maximum Gasteiger partial charge on any atom is 0.305 e. The van der Waals surface area contributed by atoms with E-state index in [0.717, 1.165) is 51.4 Å². The Balaban J connectivity index is 3.46. The van der Waals surface area contributed by atoms with Gasteiger partial charge in [0.1, 0.15) is 0 Å². The zero-order valence-electron chi connectivity index (χ0n) is 44.2.